The van der Waals surface area contributed by atoms with Gasteiger partial charge in [0.05, 0.1) is 25.9 Å². The lowest BCUT2D eigenvalue weighted by Gasteiger charge is -2.31. The van der Waals surface area contributed by atoms with Crippen molar-refractivity contribution in [3.63, 3.8) is 0 Å². The first kappa shape index (κ1) is 12.9. The Morgan fingerprint density at radius 1 is 1.32 bits per heavy atom. The van der Waals surface area contributed by atoms with Crippen LogP contribution in [-0.2, 0) is 17.6 Å². The molecule has 1 aromatic carbocycles. The maximum absolute atomic E-state index is 9.13. The molecule has 4 nitrogen and oxygen atoms in total. The summed E-state index contributed by atoms with van der Waals surface area (Å²) in [4.78, 5) is 2.37. The van der Waals surface area contributed by atoms with Gasteiger partial charge < -0.3 is 14.6 Å². The normalized spacial score (nSPS) is 23.1. The van der Waals surface area contributed by atoms with Gasteiger partial charge in [-0.25, -0.2) is 0 Å². The molecule has 2 aliphatic rings. The molecule has 3 rings (SSSR count). The van der Waals surface area contributed by atoms with Gasteiger partial charge >= 0.3 is 0 Å². The van der Waals surface area contributed by atoms with E-state index in [9.17, 15) is 0 Å². The van der Waals surface area contributed by atoms with Crippen LogP contribution in [0.4, 0.5) is 0 Å². The van der Waals surface area contributed by atoms with Crippen LogP contribution < -0.4 is 4.74 Å². The zero-order chi connectivity index (χ0) is 13.1. The Morgan fingerprint density at radius 3 is 3.16 bits per heavy atom. The smallest absolute Gasteiger partial charge is 0.122 e. The van der Waals surface area contributed by atoms with Crippen molar-refractivity contribution in [2.45, 2.75) is 18.9 Å². The second kappa shape index (κ2) is 5.90. The Balaban J connectivity index is 1.54. The topological polar surface area (TPSA) is 41.9 Å². The predicted octanol–water partition coefficient (Wildman–Crippen LogP) is 0.857. The molecule has 1 fully saturated rings. The highest BCUT2D eigenvalue weighted by molar-refractivity contribution is 5.39. The van der Waals surface area contributed by atoms with Crippen LogP contribution in [0.15, 0.2) is 18.2 Å². The average molecular weight is 263 g/mol. The van der Waals surface area contributed by atoms with Crippen LogP contribution in [0, 0.1) is 0 Å². The summed E-state index contributed by atoms with van der Waals surface area (Å²) >= 11 is 0. The van der Waals surface area contributed by atoms with Gasteiger partial charge in [-0.05, 0) is 23.6 Å². The Labute approximate surface area is 113 Å². The lowest BCUT2D eigenvalue weighted by Crippen LogP contribution is -2.44. The van der Waals surface area contributed by atoms with Crippen molar-refractivity contribution in [3.05, 3.63) is 29.3 Å². The third-order valence-electron chi connectivity index (χ3n) is 3.90. The Hall–Kier alpha value is -1.10. The Kier molecular flexibility index (Phi) is 4.01. The zero-order valence-electron chi connectivity index (χ0n) is 11.2. The van der Waals surface area contributed by atoms with Crippen molar-refractivity contribution in [1.82, 2.24) is 4.90 Å². The van der Waals surface area contributed by atoms with E-state index in [4.69, 9.17) is 14.6 Å². The summed E-state index contributed by atoms with van der Waals surface area (Å²) < 4.78 is 11.0. The van der Waals surface area contributed by atoms with Gasteiger partial charge in [-0.2, -0.15) is 0 Å². The molecular weight excluding hydrogens is 242 g/mol. The van der Waals surface area contributed by atoms with E-state index in [2.05, 4.69) is 23.1 Å². The number of benzene rings is 1. The third kappa shape index (κ3) is 3.08. The van der Waals surface area contributed by atoms with Gasteiger partial charge in [-0.1, -0.05) is 12.1 Å². The number of aliphatic hydroxyl groups excluding tert-OH is 1. The van der Waals surface area contributed by atoms with E-state index >= 15 is 0 Å². The molecule has 2 aliphatic heterocycles. The lowest BCUT2D eigenvalue weighted by molar-refractivity contribution is -0.0523. The average Bonchev–Trinajstić information content (AvgIpc) is 2.93. The summed E-state index contributed by atoms with van der Waals surface area (Å²) in [5.74, 6) is 1.05. The number of hydrogen-bond donors (Lipinski definition) is 1. The minimum atomic E-state index is -0.0119. The van der Waals surface area contributed by atoms with Crippen molar-refractivity contribution in [3.8, 4) is 5.75 Å². The predicted molar refractivity (Wildman–Crippen MR) is 72.6 cm³/mol. The molecule has 2 heterocycles. The molecule has 0 saturated carbocycles. The number of fused-ring (bicyclic) bond motifs is 1. The molecule has 104 valence electrons. The number of nitrogens with zero attached hydrogens (tertiary/aromatic N) is 1. The van der Waals surface area contributed by atoms with E-state index in [1.807, 2.05) is 0 Å². The molecular formula is C15H21NO3. The van der Waals surface area contributed by atoms with E-state index < -0.39 is 0 Å². The van der Waals surface area contributed by atoms with Crippen LogP contribution in [0.5, 0.6) is 5.75 Å². The zero-order valence-corrected chi connectivity index (χ0v) is 11.2. The van der Waals surface area contributed by atoms with Gasteiger partial charge in [0.25, 0.3) is 0 Å². The van der Waals surface area contributed by atoms with E-state index in [0.717, 1.165) is 51.4 Å². The third-order valence-corrected chi connectivity index (χ3v) is 3.90. The summed E-state index contributed by atoms with van der Waals surface area (Å²) in [6, 6.07) is 6.52. The molecule has 0 aliphatic carbocycles. The highest BCUT2D eigenvalue weighted by Crippen LogP contribution is 2.26. The number of ether oxygens (including phenoxy) is 2. The van der Waals surface area contributed by atoms with E-state index in [1.54, 1.807) is 0 Å². The SMILES string of the molecule is OCC1CN(CCc2ccc3c(c2)CCO3)CCO1. The van der Waals surface area contributed by atoms with Crippen molar-refractivity contribution in [2.24, 2.45) is 0 Å². The summed E-state index contributed by atoms with van der Waals surface area (Å²) in [6.07, 6.45) is 2.07. The lowest BCUT2D eigenvalue weighted by atomic mass is 10.1. The largest absolute Gasteiger partial charge is 0.493 e. The standard InChI is InChI=1S/C15H21NO3/c17-11-14-10-16(6-8-18-14)5-3-12-1-2-15-13(9-12)4-7-19-15/h1-2,9,14,17H,3-8,10-11H2. The molecule has 1 aromatic rings. The second-order valence-corrected chi connectivity index (χ2v) is 5.27. The second-order valence-electron chi connectivity index (χ2n) is 5.27. The molecule has 1 atom stereocenters. The Morgan fingerprint density at radius 2 is 2.26 bits per heavy atom. The van der Waals surface area contributed by atoms with Crippen LogP contribution in [0.3, 0.4) is 0 Å². The van der Waals surface area contributed by atoms with Gasteiger partial charge in [0.1, 0.15) is 5.75 Å². The summed E-state index contributed by atoms with van der Waals surface area (Å²) in [7, 11) is 0. The van der Waals surface area contributed by atoms with Crippen molar-refractivity contribution in [2.75, 3.05) is 39.5 Å². The molecule has 0 bridgehead atoms. The number of aliphatic hydroxyl groups is 1. The van der Waals surface area contributed by atoms with Gasteiger partial charge in [0.15, 0.2) is 0 Å². The first-order valence-corrected chi connectivity index (χ1v) is 7.04. The van der Waals surface area contributed by atoms with Crippen LogP contribution in [0.1, 0.15) is 11.1 Å². The van der Waals surface area contributed by atoms with Gasteiger partial charge in [-0.15, -0.1) is 0 Å². The highest BCUT2D eigenvalue weighted by Gasteiger charge is 2.19. The molecule has 1 N–H and O–H groups in total. The van der Waals surface area contributed by atoms with Gasteiger partial charge in [-0.3, -0.25) is 4.90 Å². The van der Waals surface area contributed by atoms with Gasteiger partial charge in [0.2, 0.25) is 0 Å². The molecule has 4 heteroatoms. The maximum atomic E-state index is 9.13. The number of morpholine rings is 1. The number of hydrogen-bond acceptors (Lipinski definition) is 4. The van der Waals surface area contributed by atoms with Crippen LogP contribution in [0.25, 0.3) is 0 Å². The van der Waals surface area contributed by atoms with Gasteiger partial charge in [0, 0.05) is 26.1 Å². The monoisotopic (exact) mass is 263 g/mol. The molecule has 0 aromatic heterocycles. The minimum Gasteiger partial charge on any atom is -0.493 e. The maximum Gasteiger partial charge on any atom is 0.122 e. The fraction of sp³-hybridized carbons (Fsp3) is 0.600. The van der Waals surface area contributed by atoms with Crippen LogP contribution in [-0.4, -0.2) is 55.6 Å². The van der Waals surface area contributed by atoms with Crippen LogP contribution in [0.2, 0.25) is 0 Å². The first-order chi connectivity index (χ1) is 9.35. The fourth-order valence-corrected chi connectivity index (χ4v) is 2.78. The summed E-state index contributed by atoms with van der Waals surface area (Å²) in [5.41, 5.74) is 2.71. The molecule has 0 radical (unpaired) electrons. The molecule has 19 heavy (non-hydrogen) atoms. The van der Waals surface area contributed by atoms with E-state index in [1.165, 1.54) is 11.1 Å². The summed E-state index contributed by atoms with van der Waals surface area (Å²) in [6.45, 7) is 4.49. The number of rotatable bonds is 4. The van der Waals surface area contributed by atoms with E-state index in [-0.39, 0.29) is 12.7 Å². The molecule has 0 amide bonds. The molecule has 0 spiro atoms. The molecule has 1 unspecified atom stereocenters. The fourth-order valence-electron chi connectivity index (χ4n) is 2.78. The van der Waals surface area contributed by atoms with Crippen molar-refractivity contribution >= 4 is 0 Å². The van der Waals surface area contributed by atoms with Crippen molar-refractivity contribution < 1.29 is 14.6 Å². The molecule has 1 saturated heterocycles. The minimum absolute atomic E-state index is 0.0119. The highest BCUT2D eigenvalue weighted by atomic mass is 16.5. The van der Waals surface area contributed by atoms with E-state index in [0.29, 0.717) is 0 Å². The summed E-state index contributed by atoms with van der Waals surface area (Å²) in [5, 5.41) is 9.13. The first-order valence-electron chi connectivity index (χ1n) is 7.04. The van der Waals surface area contributed by atoms with Crippen LogP contribution >= 0.6 is 0 Å². The Bertz CT molecular complexity index is 435. The van der Waals surface area contributed by atoms with Crippen molar-refractivity contribution in [1.29, 1.82) is 0 Å². The quantitative estimate of drug-likeness (QED) is 0.875.